The first-order valence-corrected chi connectivity index (χ1v) is 10.4. The van der Waals surface area contributed by atoms with Crippen LogP contribution in [0.5, 0.6) is 0 Å². The molecule has 0 bridgehead atoms. The van der Waals surface area contributed by atoms with Crippen LogP contribution in [0.25, 0.3) is 0 Å². The Bertz CT molecular complexity index is 890. The molecular formula is C15H15Cl2N3O3S2. The molecule has 1 aromatic carbocycles. The molecule has 0 saturated carbocycles. The molecule has 2 aromatic rings. The van der Waals surface area contributed by atoms with Crippen molar-refractivity contribution in [1.82, 2.24) is 5.43 Å². The van der Waals surface area contributed by atoms with Gasteiger partial charge in [0, 0.05) is 14.9 Å². The van der Waals surface area contributed by atoms with E-state index in [1.54, 1.807) is 0 Å². The number of thiophene rings is 1. The second kappa shape index (κ2) is 8.18. The summed E-state index contributed by atoms with van der Waals surface area (Å²) in [5, 5.41) is 6.29. The van der Waals surface area contributed by atoms with Crippen LogP contribution in [0.15, 0.2) is 34.7 Å². The first-order chi connectivity index (χ1) is 11.7. The standard InChI is InChI=1S/C15H15Cl2N3O3S2/c1-10-3-4-24-14(10)8-18-19-15(21)9-20(25(2,22)23)13-6-11(16)5-12(17)7-13/h3-8H,9H2,1-2H3,(H,19,21)/b18-8-. The fraction of sp³-hybridized carbons (Fsp3) is 0.200. The summed E-state index contributed by atoms with van der Waals surface area (Å²) >= 11 is 13.3. The van der Waals surface area contributed by atoms with Gasteiger partial charge in [0.2, 0.25) is 10.0 Å². The summed E-state index contributed by atoms with van der Waals surface area (Å²) in [7, 11) is -3.72. The van der Waals surface area contributed by atoms with Gasteiger partial charge in [-0.1, -0.05) is 23.2 Å². The fourth-order valence-electron chi connectivity index (χ4n) is 1.93. The van der Waals surface area contributed by atoms with E-state index in [-0.39, 0.29) is 15.7 Å². The summed E-state index contributed by atoms with van der Waals surface area (Å²) in [6.07, 6.45) is 2.51. The highest BCUT2D eigenvalue weighted by molar-refractivity contribution is 7.92. The Kier molecular flexibility index (Phi) is 6.45. The molecule has 0 aliphatic carbocycles. The average Bonchev–Trinajstić information content (AvgIpc) is 2.88. The van der Waals surface area contributed by atoms with Gasteiger partial charge in [-0.25, -0.2) is 13.8 Å². The lowest BCUT2D eigenvalue weighted by molar-refractivity contribution is -0.119. The van der Waals surface area contributed by atoms with Crippen LogP contribution in [0.2, 0.25) is 10.0 Å². The Morgan fingerprint density at radius 3 is 2.48 bits per heavy atom. The highest BCUT2D eigenvalue weighted by Crippen LogP contribution is 2.26. The zero-order valence-electron chi connectivity index (χ0n) is 13.4. The molecule has 6 nitrogen and oxygen atoms in total. The first-order valence-electron chi connectivity index (χ1n) is 6.96. The van der Waals surface area contributed by atoms with Crippen molar-refractivity contribution in [3.05, 3.63) is 50.1 Å². The van der Waals surface area contributed by atoms with Crippen molar-refractivity contribution < 1.29 is 13.2 Å². The van der Waals surface area contributed by atoms with E-state index in [0.29, 0.717) is 0 Å². The minimum absolute atomic E-state index is 0.202. The van der Waals surface area contributed by atoms with Crippen LogP contribution >= 0.6 is 34.5 Å². The van der Waals surface area contributed by atoms with Crippen LogP contribution in [0.1, 0.15) is 10.4 Å². The van der Waals surface area contributed by atoms with Crippen molar-refractivity contribution in [3.63, 3.8) is 0 Å². The number of nitrogens with zero attached hydrogens (tertiary/aromatic N) is 2. The molecule has 2 rings (SSSR count). The Balaban J connectivity index is 2.13. The highest BCUT2D eigenvalue weighted by Gasteiger charge is 2.21. The molecule has 0 aliphatic rings. The average molecular weight is 420 g/mol. The van der Waals surface area contributed by atoms with Gasteiger partial charge >= 0.3 is 0 Å². The van der Waals surface area contributed by atoms with E-state index in [2.05, 4.69) is 10.5 Å². The van der Waals surface area contributed by atoms with Crippen LogP contribution in [-0.4, -0.2) is 33.3 Å². The molecule has 0 aliphatic heterocycles. The van der Waals surface area contributed by atoms with Gasteiger partial charge in [0.1, 0.15) is 6.54 Å². The summed E-state index contributed by atoms with van der Waals surface area (Å²) < 4.78 is 24.9. The molecule has 0 radical (unpaired) electrons. The molecule has 1 heterocycles. The molecule has 134 valence electrons. The summed E-state index contributed by atoms with van der Waals surface area (Å²) in [5.41, 5.74) is 3.55. The molecule has 1 amide bonds. The lowest BCUT2D eigenvalue weighted by Crippen LogP contribution is -2.39. The molecule has 0 atom stereocenters. The van der Waals surface area contributed by atoms with E-state index >= 15 is 0 Å². The molecule has 0 spiro atoms. The SMILES string of the molecule is Cc1ccsc1/C=N\NC(=O)CN(c1cc(Cl)cc(Cl)c1)S(C)(=O)=O. The number of nitrogens with one attached hydrogen (secondary N) is 1. The lowest BCUT2D eigenvalue weighted by Gasteiger charge is -2.21. The molecule has 1 N–H and O–H groups in total. The maximum Gasteiger partial charge on any atom is 0.260 e. The second-order valence-corrected chi connectivity index (χ2v) is 8.89. The van der Waals surface area contributed by atoms with Gasteiger partial charge < -0.3 is 0 Å². The number of benzene rings is 1. The van der Waals surface area contributed by atoms with E-state index in [1.807, 2.05) is 18.4 Å². The summed E-state index contributed by atoms with van der Waals surface area (Å²) in [6, 6.07) is 6.24. The van der Waals surface area contributed by atoms with Crippen LogP contribution in [0, 0.1) is 6.92 Å². The Labute approximate surface area is 160 Å². The summed E-state index contributed by atoms with van der Waals surface area (Å²) in [4.78, 5) is 13.0. The maximum atomic E-state index is 12.1. The summed E-state index contributed by atoms with van der Waals surface area (Å²) in [5.74, 6) is -0.591. The zero-order chi connectivity index (χ0) is 18.6. The molecule has 1 aromatic heterocycles. The normalized spacial score (nSPS) is 11.7. The van der Waals surface area contributed by atoms with Gasteiger partial charge in [-0.2, -0.15) is 5.10 Å². The molecule has 25 heavy (non-hydrogen) atoms. The highest BCUT2D eigenvalue weighted by atomic mass is 35.5. The molecular weight excluding hydrogens is 405 g/mol. The van der Waals surface area contributed by atoms with E-state index < -0.39 is 22.5 Å². The number of rotatable bonds is 6. The van der Waals surface area contributed by atoms with E-state index in [4.69, 9.17) is 23.2 Å². The molecule has 0 saturated heterocycles. The lowest BCUT2D eigenvalue weighted by atomic mass is 10.3. The largest absolute Gasteiger partial charge is 0.271 e. The minimum Gasteiger partial charge on any atom is -0.271 e. The number of carbonyl (C=O) groups excluding carboxylic acids is 1. The van der Waals surface area contributed by atoms with Crippen LogP contribution < -0.4 is 9.73 Å². The van der Waals surface area contributed by atoms with Crippen molar-refractivity contribution in [2.24, 2.45) is 5.10 Å². The Hall–Kier alpha value is -1.61. The minimum atomic E-state index is -3.72. The predicted octanol–water partition coefficient (Wildman–Crippen LogP) is 3.28. The number of carbonyl (C=O) groups is 1. The van der Waals surface area contributed by atoms with Crippen LogP contribution in [0.3, 0.4) is 0 Å². The van der Waals surface area contributed by atoms with Gasteiger partial charge in [0.25, 0.3) is 5.91 Å². The number of sulfonamides is 1. The number of amides is 1. The Morgan fingerprint density at radius 1 is 1.32 bits per heavy atom. The van der Waals surface area contributed by atoms with Gasteiger partial charge in [0.05, 0.1) is 18.2 Å². The number of hydrogen-bond donors (Lipinski definition) is 1. The number of halogens is 2. The molecule has 10 heteroatoms. The van der Waals surface area contributed by atoms with E-state index in [1.165, 1.54) is 35.8 Å². The van der Waals surface area contributed by atoms with Gasteiger partial charge in [0.15, 0.2) is 0 Å². The molecule has 0 fully saturated rings. The van der Waals surface area contributed by atoms with Crippen molar-refractivity contribution in [2.45, 2.75) is 6.92 Å². The van der Waals surface area contributed by atoms with Crippen molar-refractivity contribution in [2.75, 3.05) is 17.1 Å². The third kappa shape index (κ3) is 5.71. The van der Waals surface area contributed by atoms with Gasteiger partial charge in [-0.15, -0.1) is 11.3 Å². The van der Waals surface area contributed by atoms with E-state index in [0.717, 1.165) is 21.0 Å². The van der Waals surface area contributed by atoms with Crippen LogP contribution in [-0.2, 0) is 14.8 Å². The zero-order valence-corrected chi connectivity index (χ0v) is 16.5. The third-order valence-corrected chi connectivity index (χ3v) is 5.63. The number of hydrogen-bond acceptors (Lipinski definition) is 5. The fourth-order valence-corrected chi connectivity index (χ4v) is 4.07. The summed E-state index contributed by atoms with van der Waals surface area (Å²) in [6.45, 7) is 1.48. The van der Waals surface area contributed by atoms with Crippen LogP contribution in [0.4, 0.5) is 5.69 Å². The van der Waals surface area contributed by atoms with Crippen molar-refractivity contribution in [1.29, 1.82) is 0 Å². The molecule has 0 unspecified atom stereocenters. The van der Waals surface area contributed by atoms with Crippen molar-refractivity contribution >= 4 is 62.4 Å². The quantitative estimate of drug-likeness (QED) is 0.576. The first kappa shape index (κ1) is 19.7. The monoisotopic (exact) mass is 419 g/mol. The van der Waals surface area contributed by atoms with Crippen molar-refractivity contribution in [3.8, 4) is 0 Å². The number of anilines is 1. The van der Waals surface area contributed by atoms with Gasteiger partial charge in [-0.3, -0.25) is 9.10 Å². The smallest absolute Gasteiger partial charge is 0.260 e. The maximum absolute atomic E-state index is 12.1. The van der Waals surface area contributed by atoms with Gasteiger partial charge in [-0.05, 0) is 42.1 Å². The number of aryl methyl sites for hydroxylation is 1. The Morgan fingerprint density at radius 2 is 1.96 bits per heavy atom. The second-order valence-electron chi connectivity index (χ2n) is 5.16. The third-order valence-electron chi connectivity index (χ3n) is 3.10. The topological polar surface area (TPSA) is 78.8 Å². The number of hydrazone groups is 1. The predicted molar refractivity (Wildman–Crippen MR) is 103 cm³/mol. The van der Waals surface area contributed by atoms with E-state index in [9.17, 15) is 13.2 Å².